The summed E-state index contributed by atoms with van der Waals surface area (Å²) in [5.74, 6) is 1.01. The molecule has 1 aromatic carbocycles. The number of carbonyl (C=O) groups excluding carboxylic acids is 1. The van der Waals surface area contributed by atoms with Crippen LogP contribution in [0.4, 0.5) is 0 Å². The van der Waals surface area contributed by atoms with Crippen molar-refractivity contribution in [1.29, 1.82) is 0 Å². The third-order valence-electron chi connectivity index (χ3n) is 2.99. The Morgan fingerprint density at radius 1 is 1.27 bits per heavy atom. The quantitative estimate of drug-likeness (QED) is 0.666. The Morgan fingerprint density at radius 2 is 1.93 bits per heavy atom. The van der Waals surface area contributed by atoms with Gasteiger partial charge in [0, 0.05) is 12.0 Å². The Morgan fingerprint density at radius 3 is 2.47 bits per heavy atom. The predicted octanol–water partition coefficient (Wildman–Crippen LogP) is 3.62. The second-order valence-electron chi connectivity index (χ2n) is 4.52. The number of Topliss-reactive ketones (excluding diaryl/α,β-unsaturated/α-hetero) is 1. The van der Waals surface area contributed by atoms with Gasteiger partial charge < -0.3 is 0 Å². The smallest absolute Gasteiger partial charge is 0.163 e. The topological polar surface area (TPSA) is 17.1 Å². The van der Waals surface area contributed by atoms with Gasteiger partial charge >= 0.3 is 0 Å². The summed E-state index contributed by atoms with van der Waals surface area (Å²) in [5, 5.41) is 0. The molecule has 0 N–H and O–H groups in total. The van der Waals surface area contributed by atoms with Crippen molar-refractivity contribution >= 4 is 5.78 Å². The van der Waals surface area contributed by atoms with Gasteiger partial charge in [-0.05, 0) is 30.7 Å². The lowest BCUT2D eigenvalue weighted by atomic mass is 10.0. The van der Waals surface area contributed by atoms with Crippen LogP contribution in [0.1, 0.15) is 48.5 Å². The number of aryl methyl sites for hydroxylation is 1. The second-order valence-corrected chi connectivity index (χ2v) is 4.52. The fourth-order valence-electron chi connectivity index (χ4n) is 1.85. The minimum atomic E-state index is 0.320. The van der Waals surface area contributed by atoms with Gasteiger partial charge in [0.1, 0.15) is 0 Å². The first-order valence-electron chi connectivity index (χ1n) is 5.91. The first kappa shape index (κ1) is 10.4. The fourth-order valence-corrected chi connectivity index (χ4v) is 1.85. The molecule has 2 rings (SSSR count). The van der Waals surface area contributed by atoms with Gasteiger partial charge in [0.15, 0.2) is 5.78 Å². The standard InChI is InChI=1S/C14H18O/c1-2-3-11-6-8-13(9-7-11)14(15)10-12-4-5-12/h6-9,12H,2-5,10H2,1H3. The van der Waals surface area contributed by atoms with Crippen LogP contribution in [-0.2, 0) is 6.42 Å². The molecule has 1 aliphatic carbocycles. The minimum absolute atomic E-state index is 0.320. The Hall–Kier alpha value is -1.11. The van der Waals surface area contributed by atoms with Gasteiger partial charge in [-0.25, -0.2) is 0 Å². The maximum atomic E-state index is 11.8. The molecule has 1 aromatic rings. The normalized spacial score (nSPS) is 15.3. The van der Waals surface area contributed by atoms with E-state index in [0.717, 1.165) is 24.8 Å². The highest BCUT2D eigenvalue weighted by Gasteiger charge is 2.24. The lowest BCUT2D eigenvalue weighted by Gasteiger charge is -2.02. The number of rotatable bonds is 5. The van der Waals surface area contributed by atoms with Crippen molar-refractivity contribution in [2.24, 2.45) is 5.92 Å². The zero-order valence-electron chi connectivity index (χ0n) is 9.33. The van der Waals surface area contributed by atoms with Gasteiger partial charge in [-0.15, -0.1) is 0 Å². The number of benzene rings is 1. The van der Waals surface area contributed by atoms with Crippen LogP contribution >= 0.6 is 0 Å². The largest absolute Gasteiger partial charge is 0.294 e. The highest BCUT2D eigenvalue weighted by molar-refractivity contribution is 5.96. The van der Waals surface area contributed by atoms with Crippen LogP contribution in [0.5, 0.6) is 0 Å². The van der Waals surface area contributed by atoms with Crippen LogP contribution in [0.25, 0.3) is 0 Å². The predicted molar refractivity (Wildman–Crippen MR) is 62.1 cm³/mol. The number of ketones is 1. The Bertz CT molecular complexity index is 333. The number of hydrogen-bond donors (Lipinski definition) is 0. The lowest BCUT2D eigenvalue weighted by Crippen LogP contribution is -2.00. The summed E-state index contributed by atoms with van der Waals surface area (Å²) in [5.41, 5.74) is 2.22. The van der Waals surface area contributed by atoms with E-state index in [1.807, 2.05) is 12.1 Å². The van der Waals surface area contributed by atoms with Gasteiger partial charge in [-0.2, -0.15) is 0 Å². The molecule has 0 radical (unpaired) electrons. The van der Waals surface area contributed by atoms with E-state index in [9.17, 15) is 4.79 Å². The molecular formula is C14H18O. The Balaban J connectivity index is 1.98. The Kier molecular flexibility index (Phi) is 3.20. The van der Waals surface area contributed by atoms with E-state index in [-0.39, 0.29) is 0 Å². The highest BCUT2D eigenvalue weighted by atomic mass is 16.1. The summed E-state index contributed by atoms with van der Waals surface area (Å²) in [6.45, 7) is 2.17. The van der Waals surface area contributed by atoms with Crippen LogP contribution in [-0.4, -0.2) is 5.78 Å². The first-order valence-corrected chi connectivity index (χ1v) is 5.91. The van der Waals surface area contributed by atoms with E-state index in [2.05, 4.69) is 19.1 Å². The van der Waals surface area contributed by atoms with E-state index in [4.69, 9.17) is 0 Å². The van der Waals surface area contributed by atoms with E-state index < -0.39 is 0 Å². The molecule has 0 bridgehead atoms. The average molecular weight is 202 g/mol. The van der Waals surface area contributed by atoms with Crippen LogP contribution < -0.4 is 0 Å². The van der Waals surface area contributed by atoms with Gasteiger partial charge in [-0.1, -0.05) is 37.6 Å². The molecule has 0 atom stereocenters. The minimum Gasteiger partial charge on any atom is -0.294 e. The molecule has 0 spiro atoms. The van der Waals surface area contributed by atoms with E-state index >= 15 is 0 Å². The summed E-state index contributed by atoms with van der Waals surface area (Å²) in [4.78, 5) is 11.8. The number of hydrogen-bond acceptors (Lipinski definition) is 1. The molecule has 80 valence electrons. The molecular weight excluding hydrogens is 184 g/mol. The van der Waals surface area contributed by atoms with Crippen LogP contribution in [0.2, 0.25) is 0 Å². The number of carbonyl (C=O) groups is 1. The van der Waals surface area contributed by atoms with Crippen molar-refractivity contribution in [2.75, 3.05) is 0 Å². The second kappa shape index (κ2) is 4.61. The van der Waals surface area contributed by atoms with Gasteiger partial charge in [0.05, 0.1) is 0 Å². The molecule has 1 saturated carbocycles. The van der Waals surface area contributed by atoms with Crippen molar-refractivity contribution in [1.82, 2.24) is 0 Å². The molecule has 0 aliphatic heterocycles. The third kappa shape index (κ3) is 2.92. The SMILES string of the molecule is CCCc1ccc(C(=O)CC2CC2)cc1. The van der Waals surface area contributed by atoms with E-state index in [1.165, 1.54) is 18.4 Å². The van der Waals surface area contributed by atoms with Gasteiger partial charge in [0.25, 0.3) is 0 Å². The first-order chi connectivity index (χ1) is 7.29. The monoisotopic (exact) mass is 202 g/mol. The maximum Gasteiger partial charge on any atom is 0.163 e. The third-order valence-corrected chi connectivity index (χ3v) is 2.99. The zero-order chi connectivity index (χ0) is 10.7. The lowest BCUT2D eigenvalue weighted by molar-refractivity contribution is 0.0976. The van der Waals surface area contributed by atoms with Crippen molar-refractivity contribution in [3.63, 3.8) is 0 Å². The summed E-state index contributed by atoms with van der Waals surface area (Å²) in [6.07, 6.45) is 5.53. The molecule has 0 saturated heterocycles. The molecule has 1 fully saturated rings. The van der Waals surface area contributed by atoms with Crippen molar-refractivity contribution in [3.8, 4) is 0 Å². The highest BCUT2D eigenvalue weighted by Crippen LogP contribution is 2.33. The molecule has 0 aromatic heterocycles. The van der Waals surface area contributed by atoms with Crippen LogP contribution in [0.3, 0.4) is 0 Å². The molecule has 0 heterocycles. The Labute approximate surface area is 91.5 Å². The fraction of sp³-hybridized carbons (Fsp3) is 0.500. The van der Waals surface area contributed by atoms with E-state index in [0.29, 0.717) is 11.7 Å². The molecule has 1 heteroatoms. The average Bonchev–Trinajstić information content (AvgIpc) is 3.03. The van der Waals surface area contributed by atoms with E-state index in [1.54, 1.807) is 0 Å². The van der Waals surface area contributed by atoms with Crippen molar-refractivity contribution < 1.29 is 4.79 Å². The zero-order valence-corrected chi connectivity index (χ0v) is 9.33. The summed E-state index contributed by atoms with van der Waals surface area (Å²) < 4.78 is 0. The molecule has 0 unspecified atom stereocenters. The summed E-state index contributed by atoms with van der Waals surface area (Å²) in [7, 11) is 0. The maximum absolute atomic E-state index is 11.8. The van der Waals surface area contributed by atoms with Crippen LogP contribution in [0.15, 0.2) is 24.3 Å². The molecule has 15 heavy (non-hydrogen) atoms. The van der Waals surface area contributed by atoms with Gasteiger partial charge in [0.2, 0.25) is 0 Å². The summed E-state index contributed by atoms with van der Waals surface area (Å²) >= 11 is 0. The molecule has 1 aliphatic rings. The molecule has 1 nitrogen and oxygen atoms in total. The summed E-state index contributed by atoms with van der Waals surface area (Å²) in [6, 6.07) is 8.14. The molecule has 0 amide bonds. The van der Waals surface area contributed by atoms with Crippen molar-refractivity contribution in [3.05, 3.63) is 35.4 Å². The van der Waals surface area contributed by atoms with Crippen molar-refractivity contribution in [2.45, 2.75) is 39.0 Å². The van der Waals surface area contributed by atoms with Gasteiger partial charge in [-0.3, -0.25) is 4.79 Å². The van der Waals surface area contributed by atoms with Crippen LogP contribution in [0, 0.1) is 5.92 Å².